The lowest BCUT2D eigenvalue weighted by Gasteiger charge is -2.24. The summed E-state index contributed by atoms with van der Waals surface area (Å²) in [7, 11) is 0. The molecule has 108 valence electrons. The topological polar surface area (TPSA) is 77.8 Å². The van der Waals surface area contributed by atoms with Gasteiger partial charge in [-0.3, -0.25) is 4.79 Å². The van der Waals surface area contributed by atoms with Crippen LogP contribution in [0.4, 0.5) is 0 Å². The van der Waals surface area contributed by atoms with E-state index >= 15 is 0 Å². The number of carboxylic acids is 1. The quantitative estimate of drug-likeness (QED) is 0.713. The molecule has 1 aromatic carbocycles. The number of phenols is 1. The predicted molar refractivity (Wildman–Crippen MR) is 76.9 cm³/mol. The van der Waals surface area contributed by atoms with Gasteiger partial charge in [-0.1, -0.05) is 12.1 Å². The lowest BCUT2D eigenvalue weighted by atomic mass is 10.0. The number of rotatable bonds is 5. The molecule has 5 nitrogen and oxygen atoms in total. The van der Waals surface area contributed by atoms with Gasteiger partial charge in [0.2, 0.25) is 5.91 Å². The van der Waals surface area contributed by atoms with E-state index in [1.807, 2.05) is 0 Å². The Labute approximate surface area is 122 Å². The summed E-state index contributed by atoms with van der Waals surface area (Å²) < 4.78 is 0. The van der Waals surface area contributed by atoms with Crippen molar-refractivity contribution in [3.8, 4) is 5.75 Å². The molecule has 0 aromatic heterocycles. The molecule has 20 heavy (non-hydrogen) atoms. The minimum absolute atomic E-state index is 0.0904. The first-order chi connectivity index (χ1) is 9.51. The predicted octanol–water partition coefficient (Wildman–Crippen LogP) is 1.17. The van der Waals surface area contributed by atoms with Gasteiger partial charge in [0.15, 0.2) is 0 Å². The number of hydrogen-bond donors (Lipinski definition) is 3. The van der Waals surface area contributed by atoms with Gasteiger partial charge in [-0.15, -0.1) is 0 Å². The molecule has 2 atom stereocenters. The maximum Gasteiger partial charge on any atom is 0.326 e. The monoisotopic (exact) mass is 295 g/mol. The van der Waals surface area contributed by atoms with Crippen LogP contribution in [0, 0.1) is 5.92 Å². The van der Waals surface area contributed by atoms with E-state index in [9.17, 15) is 19.8 Å². The molecule has 1 aromatic rings. The molecule has 1 fully saturated rings. The van der Waals surface area contributed by atoms with Crippen molar-refractivity contribution in [2.24, 2.45) is 5.92 Å². The number of carbonyl (C=O) groups is 2. The Balaban J connectivity index is 2.16. The van der Waals surface area contributed by atoms with Crippen LogP contribution in [-0.4, -0.2) is 45.3 Å². The molecule has 1 heterocycles. The van der Waals surface area contributed by atoms with E-state index in [2.05, 4.69) is 12.6 Å². The highest BCUT2D eigenvalue weighted by Gasteiger charge is 2.37. The molecule has 0 aliphatic carbocycles. The average Bonchev–Trinajstić information content (AvgIpc) is 2.77. The Morgan fingerprint density at radius 2 is 2.25 bits per heavy atom. The summed E-state index contributed by atoms with van der Waals surface area (Å²) in [6.45, 7) is 0.429. The van der Waals surface area contributed by atoms with Crippen LogP contribution in [0.3, 0.4) is 0 Å². The third-order valence-corrected chi connectivity index (χ3v) is 4.01. The van der Waals surface area contributed by atoms with Crippen molar-refractivity contribution in [3.05, 3.63) is 29.8 Å². The summed E-state index contributed by atoms with van der Waals surface area (Å²) in [5, 5.41) is 18.8. The number of hydrogen-bond acceptors (Lipinski definition) is 4. The van der Waals surface area contributed by atoms with E-state index in [0.29, 0.717) is 24.3 Å². The van der Waals surface area contributed by atoms with Crippen molar-refractivity contribution in [3.63, 3.8) is 0 Å². The molecule has 0 radical (unpaired) electrons. The highest BCUT2D eigenvalue weighted by molar-refractivity contribution is 7.80. The minimum atomic E-state index is -1.03. The summed E-state index contributed by atoms with van der Waals surface area (Å²) in [6.07, 6.45) is 0.544. The van der Waals surface area contributed by atoms with Crippen molar-refractivity contribution < 1.29 is 19.8 Å². The van der Waals surface area contributed by atoms with Gasteiger partial charge in [-0.05, 0) is 29.4 Å². The van der Waals surface area contributed by atoms with Gasteiger partial charge in [-0.25, -0.2) is 4.79 Å². The molecule has 0 bridgehead atoms. The fraction of sp³-hybridized carbons (Fsp3) is 0.429. The van der Waals surface area contributed by atoms with Gasteiger partial charge in [0, 0.05) is 19.4 Å². The van der Waals surface area contributed by atoms with Crippen molar-refractivity contribution in [2.45, 2.75) is 18.9 Å². The zero-order chi connectivity index (χ0) is 14.7. The molecule has 6 heteroatoms. The highest BCUT2D eigenvalue weighted by atomic mass is 32.1. The lowest BCUT2D eigenvalue weighted by molar-refractivity contribution is -0.148. The van der Waals surface area contributed by atoms with Gasteiger partial charge < -0.3 is 15.1 Å². The maximum atomic E-state index is 11.9. The Morgan fingerprint density at radius 3 is 2.80 bits per heavy atom. The molecular weight excluding hydrogens is 278 g/mol. The first-order valence-corrected chi connectivity index (χ1v) is 7.05. The number of nitrogens with zero attached hydrogens (tertiary/aromatic N) is 1. The Morgan fingerprint density at radius 1 is 1.50 bits per heavy atom. The third-order valence-electron chi connectivity index (χ3n) is 3.50. The standard InChI is InChI=1S/C14H17NO4S/c16-11-3-1-2-9(4-11)5-12(14(18)19)15-7-10(8-20)6-13(15)17/h1-4,10,12,16,20H,5-8H2,(H,18,19). The smallest absolute Gasteiger partial charge is 0.326 e. The van der Waals surface area contributed by atoms with Crippen LogP contribution in [0.1, 0.15) is 12.0 Å². The summed E-state index contributed by atoms with van der Waals surface area (Å²) in [5.41, 5.74) is 0.694. The number of benzene rings is 1. The molecule has 1 aliphatic heterocycles. The Hall–Kier alpha value is -1.69. The van der Waals surface area contributed by atoms with Crippen LogP contribution in [0.2, 0.25) is 0 Å². The van der Waals surface area contributed by atoms with Crippen LogP contribution in [0.15, 0.2) is 24.3 Å². The number of phenolic OH excluding ortho intramolecular Hbond substituents is 1. The second-order valence-electron chi connectivity index (χ2n) is 5.03. The number of carbonyl (C=O) groups excluding carboxylic acids is 1. The van der Waals surface area contributed by atoms with Crippen LogP contribution < -0.4 is 0 Å². The third kappa shape index (κ3) is 3.25. The van der Waals surface area contributed by atoms with Crippen molar-refractivity contribution in [1.82, 2.24) is 4.90 Å². The maximum absolute atomic E-state index is 11.9. The minimum Gasteiger partial charge on any atom is -0.508 e. The van der Waals surface area contributed by atoms with Crippen LogP contribution in [0.5, 0.6) is 5.75 Å². The van der Waals surface area contributed by atoms with E-state index in [1.165, 1.54) is 17.0 Å². The first-order valence-electron chi connectivity index (χ1n) is 6.42. The largest absolute Gasteiger partial charge is 0.508 e. The summed E-state index contributed by atoms with van der Waals surface area (Å²) in [4.78, 5) is 24.8. The zero-order valence-corrected chi connectivity index (χ0v) is 11.8. The molecule has 2 unspecified atom stereocenters. The van der Waals surface area contributed by atoms with Gasteiger partial charge >= 0.3 is 5.97 Å². The Bertz CT molecular complexity index is 520. The lowest BCUT2D eigenvalue weighted by Crippen LogP contribution is -2.43. The van der Waals surface area contributed by atoms with Gasteiger partial charge in [0.25, 0.3) is 0 Å². The highest BCUT2D eigenvalue weighted by Crippen LogP contribution is 2.23. The summed E-state index contributed by atoms with van der Waals surface area (Å²) >= 11 is 4.17. The Kier molecular flexibility index (Phi) is 4.54. The fourth-order valence-corrected chi connectivity index (χ4v) is 2.71. The van der Waals surface area contributed by atoms with E-state index in [-0.39, 0.29) is 24.0 Å². The van der Waals surface area contributed by atoms with Crippen LogP contribution >= 0.6 is 12.6 Å². The van der Waals surface area contributed by atoms with E-state index in [0.717, 1.165) is 0 Å². The summed E-state index contributed by atoms with van der Waals surface area (Å²) in [5.74, 6) is -0.400. The van der Waals surface area contributed by atoms with Crippen molar-refractivity contribution in [2.75, 3.05) is 12.3 Å². The zero-order valence-electron chi connectivity index (χ0n) is 10.9. The van der Waals surface area contributed by atoms with Gasteiger partial charge in [-0.2, -0.15) is 12.6 Å². The van der Waals surface area contributed by atoms with E-state index in [1.54, 1.807) is 12.1 Å². The average molecular weight is 295 g/mol. The molecule has 1 aliphatic rings. The number of aromatic hydroxyl groups is 1. The molecule has 2 rings (SSSR count). The van der Waals surface area contributed by atoms with E-state index < -0.39 is 12.0 Å². The second kappa shape index (κ2) is 6.17. The number of amides is 1. The number of likely N-dealkylation sites (tertiary alicyclic amines) is 1. The molecular formula is C14H17NO4S. The molecule has 1 saturated heterocycles. The van der Waals surface area contributed by atoms with Crippen molar-refractivity contribution in [1.29, 1.82) is 0 Å². The molecule has 1 amide bonds. The van der Waals surface area contributed by atoms with Crippen LogP contribution in [0.25, 0.3) is 0 Å². The first kappa shape index (κ1) is 14.7. The SMILES string of the molecule is O=C(O)C(Cc1cccc(O)c1)N1CC(CS)CC1=O. The normalized spacial score (nSPS) is 20.1. The van der Waals surface area contributed by atoms with Gasteiger partial charge in [0.1, 0.15) is 11.8 Å². The van der Waals surface area contributed by atoms with Crippen molar-refractivity contribution >= 4 is 24.5 Å². The molecule has 0 saturated carbocycles. The number of thiol groups is 1. The number of carboxylic acid groups (broad SMARTS) is 1. The second-order valence-corrected chi connectivity index (χ2v) is 5.39. The van der Waals surface area contributed by atoms with Gasteiger partial charge in [0.05, 0.1) is 0 Å². The fourth-order valence-electron chi connectivity index (χ4n) is 2.47. The number of aliphatic carboxylic acids is 1. The van der Waals surface area contributed by atoms with E-state index in [4.69, 9.17) is 0 Å². The van der Waals surface area contributed by atoms with Crippen LogP contribution in [-0.2, 0) is 16.0 Å². The summed E-state index contributed by atoms with van der Waals surface area (Å²) in [6, 6.07) is 5.55. The molecule has 2 N–H and O–H groups in total. The molecule has 0 spiro atoms.